The van der Waals surface area contributed by atoms with Gasteiger partial charge in [-0.1, -0.05) is 72.8 Å². The topological polar surface area (TPSA) is 157 Å². The van der Waals surface area contributed by atoms with Crippen molar-refractivity contribution in [1.29, 1.82) is 0 Å². The molecule has 0 aromatic carbocycles. The van der Waals surface area contributed by atoms with Gasteiger partial charge in [0, 0.05) is 37.1 Å². The number of fused-ring (bicyclic) bond motifs is 1. The van der Waals surface area contributed by atoms with E-state index < -0.39 is 52.7 Å². The van der Waals surface area contributed by atoms with Gasteiger partial charge >= 0.3 is 6.03 Å². The lowest BCUT2D eigenvalue weighted by molar-refractivity contribution is -0.144. The second kappa shape index (κ2) is 17.4. The Hall–Kier alpha value is -3.10. The monoisotopic (exact) mass is 758 g/mol. The number of amides is 5. The molecule has 5 amide bonds. The molecule has 4 N–H and O–H groups in total. The molecule has 6 atom stereocenters. The molecule has 14 heteroatoms. The van der Waals surface area contributed by atoms with E-state index in [1.54, 1.807) is 16.2 Å². The lowest BCUT2D eigenvalue weighted by Crippen LogP contribution is -2.61. The average Bonchev–Trinajstić information content (AvgIpc) is 3.48. The molecule has 2 unspecified atom stereocenters. The summed E-state index contributed by atoms with van der Waals surface area (Å²) in [6.07, 6.45) is 8.88. The van der Waals surface area contributed by atoms with Gasteiger partial charge in [-0.25, -0.2) is 13.3 Å². The maximum atomic E-state index is 14.7. The zero-order valence-electron chi connectivity index (χ0n) is 31.4. The molecule has 0 radical (unpaired) electrons. The minimum absolute atomic E-state index is 0.0693. The minimum atomic E-state index is -1.30. The van der Waals surface area contributed by atoms with Crippen molar-refractivity contribution in [1.82, 2.24) is 30.5 Å². The number of rotatable bonds is 15. The summed E-state index contributed by atoms with van der Waals surface area (Å²) >= 11 is 1.58. The van der Waals surface area contributed by atoms with Crippen LogP contribution < -0.4 is 21.3 Å². The van der Waals surface area contributed by atoms with E-state index in [-0.39, 0.29) is 47.6 Å². The van der Waals surface area contributed by atoms with Gasteiger partial charge in [-0.3, -0.25) is 19.2 Å². The lowest BCUT2D eigenvalue weighted by Gasteiger charge is -2.37. The van der Waals surface area contributed by atoms with Gasteiger partial charge in [0.05, 0.1) is 10.9 Å². The van der Waals surface area contributed by atoms with Crippen molar-refractivity contribution in [3.05, 3.63) is 29.0 Å². The van der Waals surface area contributed by atoms with Crippen molar-refractivity contribution in [2.45, 2.75) is 128 Å². The third-order valence-electron chi connectivity index (χ3n) is 11.2. The molecule has 0 bridgehead atoms. The lowest BCUT2D eigenvalue weighted by atomic mass is 9.82. The van der Waals surface area contributed by atoms with E-state index in [2.05, 4.69) is 27.8 Å². The average molecular weight is 759 g/mol. The van der Waals surface area contributed by atoms with Crippen LogP contribution in [0.3, 0.4) is 0 Å². The molecule has 2 saturated carbocycles. The fraction of sp³-hybridized carbons (Fsp3) is 0.711. The highest BCUT2D eigenvalue weighted by Crippen LogP contribution is 2.37. The zero-order chi connectivity index (χ0) is 37.7. The molecule has 0 spiro atoms. The third kappa shape index (κ3) is 9.71. The number of nitrogens with one attached hydrogen (secondary N) is 4. The maximum Gasteiger partial charge on any atom is 0.315 e. The summed E-state index contributed by atoms with van der Waals surface area (Å²) in [5.41, 5.74) is -0.373. The first-order valence-corrected chi connectivity index (χ1v) is 21.0. The Bertz CT molecular complexity index is 1510. The molecule has 3 fully saturated rings. The van der Waals surface area contributed by atoms with Crippen LogP contribution in [0.1, 0.15) is 97.3 Å². The minimum Gasteiger partial charge on any atom is -0.346 e. The van der Waals surface area contributed by atoms with Gasteiger partial charge in [0.2, 0.25) is 17.6 Å². The van der Waals surface area contributed by atoms with Gasteiger partial charge in [0.25, 0.3) is 5.91 Å². The van der Waals surface area contributed by atoms with Gasteiger partial charge in [-0.15, -0.1) is 17.9 Å². The Morgan fingerprint density at radius 1 is 1.02 bits per heavy atom. The van der Waals surface area contributed by atoms with Crippen LogP contribution in [0.15, 0.2) is 29.0 Å². The highest BCUT2D eigenvalue weighted by molar-refractivity contribution is 7.83. The van der Waals surface area contributed by atoms with Gasteiger partial charge < -0.3 is 26.2 Å². The van der Waals surface area contributed by atoms with Crippen LogP contribution >= 0.6 is 11.3 Å². The molecule has 12 nitrogen and oxygen atoms in total. The predicted molar refractivity (Wildman–Crippen MR) is 202 cm³/mol. The number of hydrogen-bond acceptors (Lipinski definition) is 7. The fourth-order valence-corrected chi connectivity index (χ4v) is 10.4. The number of carbonyl (C=O) groups is 5. The second-order valence-electron chi connectivity index (χ2n) is 16.5. The molecule has 1 saturated heterocycles. The summed E-state index contributed by atoms with van der Waals surface area (Å²) in [7, 11) is -1.30. The Morgan fingerprint density at radius 3 is 2.35 bits per heavy atom. The molecule has 1 aromatic heterocycles. The number of hydrogen-bond donors (Lipinski definition) is 4. The normalized spacial score (nSPS) is 24.1. The standard InChI is InChI=1S/C38H58N6O6S2/c1-7-17-39-35(47)33(45)27(20-24-13-14-24)40-34(46)32-26(23(2)3)15-18-44(32)36(48)31(25-11-9-8-10-12-25)42-37(49)41-30(38(4,5)6)22-43-21-28-29(52(43)50)16-19-51-28/h7,16,19,23-27,30-32H,1,8-15,17-18,20-22H2,2-6H3,(H,39,47)(H,40,46)(H2,41,42,49)/t26-,27?,30-,31+,32+,52?/m1/s1. The smallest absolute Gasteiger partial charge is 0.315 e. The molecule has 1 aromatic rings. The van der Waals surface area contributed by atoms with Crippen LogP contribution in [-0.4, -0.2) is 86.8 Å². The Labute approximate surface area is 315 Å². The number of Topliss-reactive ketones (excluding diaryl/α,β-unsaturated/α-hetero) is 1. The van der Waals surface area contributed by atoms with E-state index in [1.165, 1.54) is 6.08 Å². The molecular formula is C38H58N6O6S2. The molecule has 288 valence electrons. The highest BCUT2D eigenvalue weighted by Gasteiger charge is 2.48. The number of nitrogens with zero attached hydrogens (tertiary/aromatic N) is 2. The zero-order valence-corrected chi connectivity index (χ0v) is 33.0. The fourth-order valence-electron chi connectivity index (χ4n) is 7.88. The summed E-state index contributed by atoms with van der Waals surface area (Å²) in [5.74, 6) is -2.12. The number of urea groups is 1. The van der Waals surface area contributed by atoms with Crippen LogP contribution in [0.4, 0.5) is 4.79 Å². The van der Waals surface area contributed by atoms with Crippen molar-refractivity contribution < 1.29 is 28.2 Å². The van der Waals surface area contributed by atoms with Crippen molar-refractivity contribution >= 4 is 51.9 Å². The first kappa shape index (κ1) is 40.1. The molecule has 2 aliphatic heterocycles. The quantitative estimate of drug-likeness (QED) is 0.155. The predicted octanol–water partition coefficient (Wildman–Crippen LogP) is 4.28. The Balaban J connectivity index is 1.33. The molecule has 5 rings (SSSR count). The van der Waals surface area contributed by atoms with E-state index in [1.807, 2.05) is 50.4 Å². The summed E-state index contributed by atoms with van der Waals surface area (Å²) in [6, 6.07) is -1.62. The van der Waals surface area contributed by atoms with Crippen LogP contribution in [-0.2, 0) is 36.7 Å². The van der Waals surface area contributed by atoms with Crippen molar-refractivity contribution in [3.63, 3.8) is 0 Å². The van der Waals surface area contributed by atoms with Crippen molar-refractivity contribution in [3.8, 4) is 0 Å². The van der Waals surface area contributed by atoms with Crippen LogP contribution in [0.5, 0.6) is 0 Å². The maximum absolute atomic E-state index is 14.7. The van der Waals surface area contributed by atoms with E-state index >= 15 is 0 Å². The van der Waals surface area contributed by atoms with Crippen LogP contribution in [0.2, 0.25) is 0 Å². The van der Waals surface area contributed by atoms with E-state index in [0.717, 1.165) is 54.7 Å². The van der Waals surface area contributed by atoms with Crippen LogP contribution in [0.25, 0.3) is 0 Å². The third-order valence-corrected chi connectivity index (χ3v) is 13.8. The van der Waals surface area contributed by atoms with E-state index in [4.69, 9.17) is 0 Å². The molecule has 2 aliphatic carbocycles. The summed E-state index contributed by atoms with van der Waals surface area (Å²) in [6.45, 7) is 15.2. The van der Waals surface area contributed by atoms with E-state index in [9.17, 15) is 28.2 Å². The molecule has 52 heavy (non-hydrogen) atoms. The summed E-state index contributed by atoms with van der Waals surface area (Å²) in [5, 5.41) is 13.6. The number of likely N-dealkylation sites (tertiary alicyclic amines) is 1. The molecular weight excluding hydrogens is 701 g/mol. The van der Waals surface area contributed by atoms with Gasteiger partial charge in [0.15, 0.2) is 0 Å². The summed E-state index contributed by atoms with van der Waals surface area (Å²) in [4.78, 5) is 72.3. The SMILES string of the molecule is C=CCNC(=O)C(=O)C(CC1CC1)NC(=O)[C@@H]1[C@@H](C(C)C)CCN1C(=O)[C@@H](NC(=O)N[C@H](CN1Cc2sccc2S1=O)C(C)(C)C)C1CCCCC1. The number of ketones is 1. The van der Waals surface area contributed by atoms with Gasteiger partial charge in [-0.05, 0) is 66.2 Å². The molecule has 3 heterocycles. The largest absolute Gasteiger partial charge is 0.346 e. The van der Waals surface area contributed by atoms with Gasteiger partial charge in [-0.2, -0.15) is 0 Å². The number of carbonyl (C=O) groups excluding carboxylic acids is 5. The highest BCUT2D eigenvalue weighted by atomic mass is 32.2. The number of thiophene rings is 1. The molecule has 4 aliphatic rings. The van der Waals surface area contributed by atoms with Crippen molar-refractivity contribution in [2.24, 2.45) is 29.1 Å². The van der Waals surface area contributed by atoms with Crippen LogP contribution in [0, 0.1) is 29.1 Å². The second-order valence-corrected chi connectivity index (χ2v) is 18.9. The summed E-state index contributed by atoms with van der Waals surface area (Å²) < 4.78 is 15.1. The van der Waals surface area contributed by atoms with E-state index in [0.29, 0.717) is 32.5 Å². The van der Waals surface area contributed by atoms with Crippen molar-refractivity contribution in [2.75, 3.05) is 19.6 Å². The Kier molecular flexibility index (Phi) is 13.4. The van der Waals surface area contributed by atoms with Gasteiger partial charge in [0.1, 0.15) is 23.1 Å². The first-order chi connectivity index (χ1) is 24.7. The first-order valence-electron chi connectivity index (χ1n) is 19.0. The Morgan fingerprint density at radius 2 is 1.73 bits per heavy atom.